The largest absolute Gasteiger partial charge is 0.329 e. The molecule has 0 bridgehead atoms. The highest BCUT2D eigenvalue weighted by molar-refractivity contribution is 5.82. The molecule has 0 aliphatic rings. The summed E-state index contributed by atoms with van der Waals surface area (Å²) in [6, 6.07) is 12.4. The smallest absolute Gasteiger partial charge is 0.277 e. The molecule has 0 amide bonds. The van der Waals surface area contributed by atoms with Gasteiger partial charge in [-0.05, 0) is 58.4 Å². The van der Waals surface area contributed by atoms with Crippen molar-refractivity contribution in [3.8, 4) is 11.1 Å². The van der Waals surface area contributed by atoms with Crippen LogP contribution in [0.5, 0.6) is 0 Å². The number of aryl methyl sites for hydroxylation is 1. The molecule has 4 aromatic rings. The number of aromatic nitrogens is 3. The molecule has 0 radical (unpaired) electrons. The second kappa shape index (κ2) is 7.61. The van der Waals surface area contributed by atoms with Crippen LogP contribution in [0.1, 0.15) is 37.5 Å². The van der Waals surface area contributed by atoms with Crippen LogP contribution < -0.4 is 11.1 Å². The van der Waals surface area contributed by atoms with Gasteiger partial charge in [-0.25, -0.2) is 9.07 Å². The van der Waals surface area contributed by atoms with Crippen molar-refractivity contribution in [3.63, 3.8) is 0 Å². The monoisotopic (exact) mass is 417 g/mol. The summed E-state index contributed by atoms with van der Waals surface area (Å²) < 4.78 is 16.1. The summed E-state index contributed by atoms with van der Waals surface area (Å²) in [5.41, 5.74) is 3.55. The van der Waals surface area contributed by atoms with Crippen molar-refractivity contribution in [1.82, 2.24) is 14.8 Å². The Morgan fingerprint density at radius 3 is 2.45 bits per heavy atom. The first-order valence-electron chi connectivity index (χ1n) is 10.1. The maximum absolute atomic E-state index is 14.8. The Labute approximate surface area is 179 Å². The van der Waals surface area contributed by atoms with Gasteiger partial charge in [0, 0.05) is 17.6 Å². The molecule has 0 atom stereocenters. The summed E-state index contributed by atoms with van der Waals surface area (Å²) in [5.74, 6) is -0.523. The predicted molar refractivity (Wildman–Crippen MR) is 121 cm³/mol. The van der Waals surface area contributed by atoms with Crippen molar-refractivity contribution >= 4 is 10.8 Å². The topological polar surface area (TPSA) is 67.8 Å². The predicted octanol–water partition coefficient (Wildman–Crippen LogP) is 4.55. The number of H-pyrrole nitrogens is 1. The van der Waals surface area contributed by atoms with Crippen LogP contribution in [0.15, 0.2) is 64.4 Å². The van der Waals surface area contributed by atoms with Crippen LogP contribution >= 0.6 is 0 Å². The van der Waals surface area contributed by atoms with E-state index in [1.807, 2.05) is 58.0 Å². The van der Waals surface area contributed by atoms with Gasteiger partial charge in [-0.1, -0.05) is 39.0 Å². The lowest BCUT2D eigenvalue weighted by atomic mass is 9.86. The molecule has 0 saturated heterocycles. The lowest BCUT2D eigenvalue weighted by molar-refractivity contribution is 0.574. The first-order valence-corrected chi connectivity index (χ1v) is 10.1. The summed E-state index contributed by atoms with van der Waals surface area (Å²) in [7, 11) is 0. The highest BCUT2D eigenvalue weighted by atomic mass is 19.1. The number of hydrogen-bond acceptors (Lipinski definition) is 3. The van der Waals surface area contributed by atoms with Crippen LogP contribution in [-0.4, -0.2) is 14.8 Å². The van der Waals surface area contributed by atoms with Gasteiger partial charge >= 0.3 is 0 Å². The standard InChI is InChI=1S/C25H24FN3O2/c1-15-9-16(17-7-8-27-22(30)11-17)5-6-18(15)14-29-24(31)23-19(13-28-29)10-20(12-21(23)26)25(2,3)4/h5-13H,14H2,1-4H3,(H,27,30). The average molecular weight is 417 g/mol. The maximum Gasteiger partial charge on any atom is 0.277 e. The van der Waals surface area contributed by atoms with Gasteiger partial charge in [-0.15, -0.1) is 0 Å². The molecule has 158 valence electrons. The molecular formula is C25H24FN3O2. The summed E-state index contributed by atoms with van der Waals surface area (Å²) in [6.45, 7) is 8.17. The molecule has 0 aliphatic carbocycles. The molecule has 1 N–H and O–H groups in total. The van der Waals surface area contributed by atoms with E-state index in [1.54, 1.807) is 18.5 Å². The zero-order chi connectivity index (χ0) is 22.3. The van der Waals surface area contributed by atoms with Gasteiger partial charge in [0.15, 0.2) is 0 Å². The van der Waals surface area contributed by atoms with Crippen molar-refractivity contribution in [2.45, 2.75) is 39.7 Å². The molecule has 0 unspecified atom stereocenters. The normalized spacial score (nSPS) is 11.8. The number of rotatable bonds is 3. The zero-order valence-corrected chi connectivity index (χ0v) is 18.0. The second-order valence-corrected chi connectivity index (χ2v) is 8.86. The molecule has 2 aromatic carbocycles. The molecule has 5 nitrogen and oxygen atoms in total. The maximum atomic E-state index is 14.8. The van der Waals surface area contributed by atoms with E-state index >= 15 is 0 Å². The molecule has 6 heteroatoms. The summed E-state index contributed by atoms with van der Waals surface area (Å²) in [6.07, 6.45) is 3.16. The fourth-order valence-corrected chi connectivity index (χ4v) is 3.65. The molecular weight excluding hydrogens is 393 g/mol. The fraction of sp³-hybridized carbons (Fsp3) is 0.240. The molecule has 0 saturated carbocycles. The third kappa shape index (κ3) is 4.06. The highest BCUT2D eigenvalue weighted by Gasteiger charge is 2.18. The number of halogens is 1. The van der Waals surface area contributed by atoms with E-state index in [0.29, 0.717) is 5.39 Å². The van der Waals surface area contributed by atoms with E-state index in [4.69, 9.17) is 0 Å². The quantitative estimate of drug-likeness (QED) is 0.532. The molecule has 0 spiro atoms. The lowest BCUT2D eigenvalue weighted by Crippen LogP contribution is -2.25. The Kier molecular flexibility index (Phi) is 5.09. The van der Waals surface area contributed by atoms with E-state index in [2.05, 4.69) is 10.1 Å². The first kappa shape index (κ1) is 20.7. The van der Waals surface area contributed by atoms with E-state index in [-0.39, 0.29) is 22.9 Å². The molecule has 0 aliphatic heterocycles. The number of fused-ring (bicyclic) bond motifs is 1. The minimum Gasteiger partial charge on any atom is -0.329 e. The molecule has 4 rings (SSSR count). The molecule has 2 aromatic heterocycles. The second-order valence-electron chi connectivity index (χ2n) is 8.86. The third-order valence-corrected chi connectivity index (χ3v) is 5.54. The van der Waals surface area contributed by atoms with Gasteiger partial charge in [0.25, 0.3) is 5.56 Å². The van der Waals surface area contributed by atoms with Gasteiger partial charge in [0.2, 0.25) is 5.56 Å². The van der Waals surface area contributed by atoms with Crippen LogP contribution in [-0.2, 0) is 12.0 Å². The van der Waals surface area contributed by atoms with Gasteiger partial charge in [0.05, 0.1) is 18.1 Å². The average Bonchev–Trinajstić information content (AvgIpc) is 2.70. The minimum atomic E-state index is -0.523. The van der Waals surface area contributed by atoms with Gasteiger partial charge in [-0.2, -0.15) is 5.10 Å². The number of aromatic amines is 1. The lowest BCUT2D eigenvalue weighted by Gasteiger charge is -2.20. The Hall–Kier alpha value is -3.54. The van der Waals surface area contributed by atoms with Crippen LogP contribution in [0.4, 0.5) is 4.39 Å². The number of nitrogens with zero attached hydrogens (tertiary/aromatic N) is 2. The van der Waals surface area contributed by atoms with Crippen LogP contribution in [0.3, 0.4) is 0 Å². The Morgan fingerprint density at radius 1 is 1.03 bits per heavy atom. The molecule has 0 fully saturated rings. The number of hydrogen-bond donors (Lipinski definition) is 1. The summed E-state index contributed by atoms with van der Waals surface area (Å²) in [4.78, 5) is 27.2. The Bertz CT molecular complexity index is 1410. The van der Waals surface area contributed by atoms with E-state index in [1.165, 1.54) is 10.7 Å². The van der Waals surface area contributed by atoms with Crippen molar-refractivity contribution in [1.29, 1.82) is 0 Å². The molecule has 31 heavy (non-hydrogen) atoms. The van der Waals surface area contributed by atoms with Crippen molar-refractivity contribution < 1.29 is 4.39 Å². The number of pyridine rings is 1. The van der Waals surface area contributed by atoms with Gasteiger partial charge in [0.1, 0.15) is 5.82 Å². The summed E-state index contributed by atoms with van der Waals surface area (Å²) >= 11 is 0. The zero-order valence-electron chi connectivity index (χ0n) is 18.0. The first-order chi connectivity index (χ1) is 14.6. The molecule has 2 heterocycles. The van der Waals surface area contributed by atoms with Crippen molar-refractivity contribution in [2.24, 2.45) is 0 Å². The SMILES string of the molecule is Cc1cc(-c2cc[nH]c(=O)c2)ccc1Cn1ncc2cc(C(C)(C)C)cc(F)c2c1=O. The van der Waals surface area contributed by atoms with Crippen molar-refractivity contribution in [2.75, 3.05) is 0 Å². The van der Waals surface area contributed by atoms with Gasteiger partial charge < -0.3 is 4.98 Å². The minimum absolute atomic E-state index is 0.0563. The number of nitrogens with one attached hydrogen (secondary N) is 1. The Balaban J connectivity index is 1.72. The Morgan fingerprint density at radius 2 is 1.77 bits per heavy atom. The summed E-state index contributed by atoms with van der Waals surface area (Å²) in [5, 5.41) is 4.85. The van der Waals surface area contributed by atoms with E-state index in [0.717, 1.165) is 27.8 Å². The van der Waals surface area contributed by atoms with Crippen LogP contribution in [0.25, 0.3) is 21.9 Å². The van der Waals surface area contributed by atoms with Crippen LogP contribution in [0, 0.1) is 12.7 Å². The third-order valence-electron chi connectivity index (χ3n) is 5.54. The van der Waals surface area contributed by atoms with Crippen LogP contribution in [0.2, 0.25) is 0 Å². The number of benzene rings is 2. The van der Waals surface area contributed by atoms with E-state index in [9.17, 15) is 14.0 Å². The fourth-order valence-electron chi connectivity index (χ4n) is 3.65. The highest BCUT2D eigenvalue weighted by Crippen LogP contribution is 2.27. The van der Waals surface area contributed by atoms with Gasteiger partial charge in [-0.3, -0.25) is 9.59 Å². The van der Waals surface area contributed by atoms with Crippen molar-refractivity contribution in [3.05, 3.63) is 98.1 Å². The van der Waals surface area contributed by atoms with E-state index < -0.39 is 11.4 Å².